The molecule has 0 bridgehead atoms. The van der Waals surface area contributed by atoms with Crippen molar-refractivity contribution in [2.24, 2.45) is 0 Å². The van der Waals surface area contributed by atoms with Crippen LogP contribution >= 0.6 is 0 Å². The van der Waals surface area contributed by atoms with Gasteiger partial charge in [-0.3, -0.25) is 9.69 Å². The number of aryl methyl sites for hydroxylation is 1. The van der Waals surface area contributed by atoms with Crippen LogP contribution in [-0.4, -0.2) is 63.8 Å². The molecule has 1 aliphatic heterocycles. The SMILES string of the molecule is COc1cc(OC)cc(C(=O)NC(C)CCN2CCN(c3cccc(C)c3)CC2)c1. The van der Waals surface area contributed by atoms with E-state index in [1.807, 2.05) is 0 Å². The van der Waals surface area contributed by atoms with Gasteiger partial charge in [0.15, 0.2) is 0 Å². The number of amides is 1. The Balaban J connectivity index is 1.45. The summed E-state index contributed by atoms with van der Waals surface area (Å²) >= 11 is 0. The van der Waals surface area contributed by atoms with E-state index < -0.39 is 0 Å². The van der Waals surface area contributed by atoms with Crippen LogP contribution in [0.15, 0.2) is 42.5 Å². The van der Waals surface area contributed by atoms with Crippen molar-refractivity contribution in [1.82, 2.24) is 10.2 Å². The average Bonchev–Trinajstić information content (AvgIpc) is 2.77. The molecule has 6 heteroatoms. The molecule has 0 spiro atoms. The van der Waals surface area contributed by atoms with Crippen molar-refractivity contribution < 1.29 is 14.3 Å². The van der Waals surface area contributed by atoms with Crippen molar-refractivity contribution in [1.29, 1.82) is 0 Å². The summed E-state index contributed by atoms with van der Waals surface area (Å²) in [6.45, 7) is 9.32. The lowest BCUT2D eigenvalue weighted by Gasteiger charge is -2.36. The zero-order valence-electron chi connectivity index (χ0n) is 18.5. The summed E-state index contributed by atoms with van der Waals surface area (Å²) in [6, 6.07) is 14.0. The van der Waals surface area contributed by atoms with Gasteiger partial charge in [-0.2, -0.15) is 0 Å². The zero-order valence-corrected chi connectivity index (χ0v) is 18.5. The summed E-state index contributed by atoms with van der Waals surface area (Å²) in [5.74, 6) is 1.11. The minimum Gasteiger partial charge on any atom is -0.497 e. The Labute approximate surface area is 179 Å². The van der Waals surface area contributed by atoms with Crippen LogP contribution in [-0.2, 0) is 0 Å². The van der Waals surface area contributed by atoms with E-state index in [-0.39, 0.29) is 11.9 Å². The highest BCUT2D eigenvalue weighted by Crippen LogP contribution is 2.22. The number of nitrogens with one attached hydrogen (secondary N) is 1. The van der Waals surface area contributed by atoms with Crippen molar-refractivity contribution in [3.05, 3.63) is 53.6 Å². The Kier molecular flexibility index (Phi) is 7.57. The number of benzene rings is 2. The molecule has 0 radical (unpaired) electrons. The molecule has 2 aromatic rings. The van der Waals surface area contributed by atoms with Crippen LogP contribution in [0.1, 0.15) is 29.3 Å². The molecular weight excluding hydrogens is 378 g/mol. The number of piperazine rings is 1. The maximum absolute atomic E-state index is 12.6. The van der Waals surface area contributed by atoms with Gasteiger partial charge in [-0.1, -0.05) is 12.1 Å². The van der Waals surface area contributed by atoms with Crippen molar-refractivity contribution in [2.75, 3.05) is 51.8 Å². The van der Waals surface area contributed by atoms with Crippen molar-refractivity contribution in [3.63, 3.8) is 0 Å². The van der Waals surface area contributed by atoms with Crippen LogP contribution in [0.2, 0.25) is 0 Å². The molecule has 30 heavy (non-hydrogen) atoms. The molecule has 3 rings (SSSR count). The smallest absolute Gasteiger partial charge is 0.251 e. The number of carbonyl (C=O) groups excluding carboxylic acids is 1. The van der Waals surface area contributed by atoms with E-state index >= 15 is 0 Å². The van der Waals surface area contributed by atoms with E-state index in [1.165, 1.54) is 11.3 Å². The molecule has 1 N–H and O–H groups in total. The summed E-state index contributed by atoms with van der Waals surface area (Å²) in [7, 11) is 3.16. The Bertz CT molecular complexity index is 825. The summed E-state index contributed by atoms with van der Waals surface area (Å²) < 4.78 is 10.5. The molecule has 1 unspecified atom stereocenters. The maximum atomic E-state index is 12.6. The molecule has 0 saturated carbocycles. The summed E-state index contributed by atoms with van der Waals surface area (Å²) in [6.07, 6.45) is 0.914. The van der Waals surface area contributed by atoms with Gasteiger partial charge in [0.25, 0.3) is 5.91 Å². The monoisotopic (exact) mass is 411 g/mol. The maximum Gasteiger partial charge on any atom is 0.251 e. The van der Waals surface area contributed by atoms with E-state index in [4.69, 9.17) is 9.47 Å². The van der Waals surface area contributed by atoms with E-state index in [1.54, 1.807) is 32.4 Å². The van der Waals surface area contributed by atoms with Gasteiger partial charge in [0.2, 0.25) is 0 Å². The van der Waals surface area contributed by atoms with E-state index in [2.05, 4.69) is 53.2 Å². The molecule has 1 atom stereocenters. The van der Waals surface area contributed by atoms with E-state index in [0.717, 1.165) is 39.1 Å². The third-order valence-corrected chi connectivity index (χ3v) is 5.61. The lowest BCUT2D eigenvalue weighted by atomic mass is 10.1. The lowest BCUT2D eigenvalue weighted by molar-refractivity contribution is 0.0934. The minimum absolute atomic E-state index is 0.0875. The second-order valence-corrected chi connectivity index (χ2v) is 7.93. The van der Waals surface area contributed by atoms with Crippen LogP contribution in [0.4, 0.5) is 5.69 Å². The van der Waals surface area contributed by atoms with Gasteiger partial charge in [0.1, 0.15) is 11.5 Å². The van der Waals surface area contributed by atoms with Crippen molar-refractivity contribution in [3.8, 4) is 11.5 Å². The Morgan fingerprint density at radius 1 is 1.03 bits per heavy atom. The van der Waals surface area contributed by atoms with Gasteiger partial charge in [0, 0.05) is 56.1 Å². The number of nitrogens with zero attached hydrogens (tertiary/aromatic N) is 2. The van der Waals surface area contributed by atoms with Crippen LogP contribution in [0.25, 0.3) is 0 Å². The van der Waals surface area contributed by atoms with Crippen LogP contribution in [0.3, 0.4) is 0 Å². The topological polar surface area (TPSA) is 54.0 Å². The largest absolute Gasteiger partial charge is 0.497 e. The molecule has 2 aromatic carbocycles. The number of rotatable bonds is 8. The van der Waals surface area contributed by atoms with Crippen molar-refractivity contribution in [2.45, 2.75) is 26.3 Å². The van der Waals surface area contributed by atoms with Gasteiger partial charge in [0.05, 0.1) is 14.2 Å². The zero-order chi connectivity index (χ0) is 21.5. The number of anilines is 1. The highest BCUT2D eigenvalue weighted by atomic mass is 16.5. The van der Waals surface area contributed by atoms with E-state index in [0.29, 0.717) is 17.1 Å². The first-order valence-electron chi connectivity index (χ1n) is 10.6. The predicted octanol–water partition coefficient (Wildman–Crippen LogP) is 3.34. The Morgan fingerprint density at radius 2 is 1.70 bits per heavy atom. The molecular formula is C24H33N3O3. The Hall–Kier alpha value is -2.73. The van der Waals surface area contributed by atoms with Crippen molar-refractivity contribution >= 4 is 11.6 Å². The van der Waals surface area contributed by atoms with Crippen LogP contribution in [0.5, 0.6) is 11.5 Å². The fourth-order valence-corrected chi connectivity index (χ4v) is 3.75. The van der Waals surface area contributed by atoms with Gasteiger partial charge in [-0.15, -0.1) is 0 Å². The van der Waals surface area contributed by atoms with Crippen LogP contribution < -0.4 is 19.7 Å². The molecule has 1 aliphatic rings. The van der Waals surface area contributed by atoms with Gasteiger partial charge < -0.3 is 19.7 Å². The summed E-state index contributed by atoms with van der Waals surface area (Å²) in [5.41, 5.74) is 3.15. The predicted molar refractivity (Wildman–Crippen MR) is 121 cm³/mol. The molecule has 6 nitrogen and oxygen atoms in total. The highest BCUT2D eigenvalue weighted by molar-refractivity contribution is 5.95. The summed E-state index contributed by atoms with van der Waals surface area (Å²) in [5, 5.41) is 3.09. The number of hydrogen-bond donors (Lipinski definition) is 1. The third kappa shape index (κ3) is 5.89. The van der Waals surface area contributed by atoms with Gasteiger partial charge in [-0.05, 0) is 50.1 Å². The Morgan fingerprint density at radius 3 is 2.30 bits per heavy atom. The fourth-order valence-electron chi connectivity index (χ4n) is 3.75. The van der Waals surface area contributed by atoms with Crippen LogP contribution in [0, 0.1) is 6.92 Å². The molecule has 0 aliphatic carbocycles. The lowest BCUT2D eigenvalue weighted by Crippen LogP contribution is -2.47. The van der Waals surface area contributed by atoms with E-state index in [9.17, 15) is 4.79 Å². The molecule has 1 fully saturated rings. The first-order valence-corrected chi connectivity index (χ1v) is 10.6. The highest BCUT2D eigenvalue weighted by Gasteiger charge is 2.18. The normalized spacial score (nSPS) is 15.5. The minimum atomic E-state index is -0.107. The molecule has 1 saturated heterocycles. The summed E-state index contributed by atoms with van der Waals surface area (Å²) in [4.78, 5) is 17.6. The molecule has 162 valence electrons. The molecule has 1 amide bonds. The quantitative estimate of drug-likeness (QED) is 0.722. The number of methoxy groups -OCH3 is 2. The number of hydrogen-bond acceptors (Lipinski definition) is 5. The first-order chi connectivity index (χ1) is 14.5. The third-order valence-electron chi connectivity index (χ3n) is 5.61. The number of ether oxygens (including phenoxy) is 2. The molecule has 0 aromatic heterocycles. The average molecular weight is 412 g/mol. The second kappa shape index (κ2) is 10.3. The first kappa shape index (κ1) is 22.0. The molecule has 1 heterocycles. The number of carbonyl (C=O) groups is 1. The standard InChI is InChI=1S/C24H33N3O3/c1-18-6-5-7-21(14-18)27-12-10-26(11-13-27)9-8-19(2)25-24(28)20-15-22(29-3)17-23(16-20)30-4/h5-7,14-17,19H,8-13H2,1-4H3,(H,25,28). The van der Waals surface area contributed by atoms with Gasteiger partial charge in [-0.25, -0.2) is 0 Å². The fraction of sp³-hybridized carbons (Fsp3) is 0.458. The second-order valence-electron chi connectivity index (χ2n) is 7.93. The van der Waals surface area contributed by atoms with Gasteiger partial charge >= 0.3 is 0 Å².